The number of fused-ring (bicyclic) bond motifs is 1. The third-order valence-corrected chi connectivity index (χ3v) is 7.36. The molecule has 0 radical (unpaired) electrons. The van der Waals surface area contributed by atoms with Gasteiger partial charge in [-0.1, -0.05) is 6.42 Å². The number of aliphatic carboxylic acids is 1. The summed E-state index contributed by atoms with van der Waals surface area (Å²) in [6, 6.07) is 0.552. The monoisotopic (exact) mass is 343 g/mol. The predicted octanol–water partition coefficient (Wildman–Crippen LogP) is 1.48. The molecule has 0 aromatic carbocycles. The van der Waals surface area contributed by atoms with Crippen molar-refractivity contribution in [1.29, 1.82) is 0 Å². The Kier molecular flexibility index (Phi) is 3.76. The van der Waals surface area contributed by atoms with E-state index in [4.69, 9.17) is 0 Å². The van der Waals surface area contributed by atoms with E-state index in [9.17, 15) is 23.1 Å². The SMILES string of the molecule is CS(=O)(=O)c1cc(C(=O)N2C[C@@H]3CCC[C@H]3[C@H]2C(=O)O)cs1. The van der Waals surface area contributed by atoms with Crippen molar-refractivity contribution < 1.29 is 23.1 Å². The number of amides is 1. The molecule has 0 spiro atoms. The fourth-order valence-corrected chi connectivity index (χ4v) is 5.41. The summed E-state index contributed by atoms with van der Waals surface area (Å²) < 4.78 is 23.2. The largest absolute Gasteiger partial charge is 0.480 e. The molecule has 6 nitrogen and oxygen atoms in total. The molecule has 1 aliphatic heterocycles. The zero-order chi connectivity index (χ0) is 16.1. The maximum absolute atomic E-state index is 12.6. The number of nitrogens with zero attached hydrogens (tertiary/aromatic N) is 1. The van der Waals surface area contributed by atoms with Crippen molar-refractivity contribution in [2.24, 2.45) is 11.8 Å². The van der Waals surface area contributed by atoms with E-state index in [0.29, 0.717) is 6.54 Å². The Morgan fingerprint density at radius 3 is 2.68 bits per heavy atom. The topological polar surface area (TPSA) is 91.8 Å². The fourth-order valence-electron chi connectivity index (χ4n) is 3.62. The zero-order valence-electron chi connectivity index (χ0n) is 12.1. The van der Waals surface area contributed by atoms with Gasteiger partial charge in [-0.25, -0.2) is 13.2 Å². The lowest BCUT2D eigenvalue weighted by atomic mass is 9.94. The third-order valence-electron chi connectivity index (χ3n) is 4.59. The second-order valence-electron chi connectivity index (χ2n) is 6.02. The number of carboxylic acids is 1. The molecule has 120 valence electrons. The van der Waals surface area contributed by atoms with Gasteiger partial charge in [0.1, 0.15) is 10.3 Å². The van der Waals surface area contributed by atoms with Gasteiger partial charge in [-0.05, 0) is 30.7 Å². The Labute approximate surface area is 132 Å². The standard InChI is InChI=1S/C14H17NO5S2/c1-22(19,20)11-5-9(7-21-11)13(16)15-6-8-3-2-4-10(8)12(15)14(17)18/h5,7-8,10,12H,2-4,6H2,1H3,(H,17,18)/t8-,10+,12-/m0/s1. The Morgan fingerprint density at radius 2 is 2.09 bits per heavy atom. The van der Waals surface area contributed by atoms with E-state index >= 15 is 0 Å². The van der Waals surface area contributed by atoms with Crippen LogP contribution >= 0.6 is 11.3 Å². The van der Waals surface area contributed by atoms with Crippen LogP contribution in [0.1, 0.15) is 29.6 Å². The van der Waals surface area contributed by atoms with Gasteiger partial charge in [-0.15, -0.1) is 11.3 Å². The highest BCUT2D eigenvalue weighted by atomic mass is 32.2. The Balaban J connectivity index is 1.88. The summed E-state index contributed by atoms with van der Waals surface area (Å²) in [5.74, 6) is -1.08. The summed E-state index contributed by atoms with van der Waals surface area (Å²) in [6.45, 7) is 0.449. The van der Waals surface area contributed by atoms with E-state index in [1.807, 2.05) is 0 Å². The van der Waals surface area contributed by atoms with E-state index < -0.39 is 21.8 Å². The summed E-state index contributed by atoms with van der Waals surface area (Å²) >= 11 is 0.992. The van der Waals surface area contributed by atoms with Crippen molar-refractivity contribution in [3.8, 4) is 0 Å². The van der Waals surface area contributed by atoms with Crippen LogP contribution in [0.4, 0.5) is 0 Å². The van der Waals surface area contributed by atoms with Crippen molar-refractivity contribution in [3.05, 3.63) is 17.0 Å². The van der Waals surface area contributed by atoms with Crippen molar-refractivity contribution in [1.82, 2.24) is 4.90 Å². The van der Waals surface area contributed by atoms with Crippen molar-refractivity contribution >= 4 is 33.1 Å². The van der Waals surface area contributed by atoms with Crippen LogP contribution in [0.15, 0.2) is 15.7 Å². The van der Waals surface area contributed by atoms with Crippen LogP contribution in [-0.2, 0) is 14.6 Å². The molecular formula is C14H17NO5S2. The van der Waals surface area contributed by atoms with E-state index in [1.165, 1.54) is 16.3 Å². The van der Waals surface area contributed by atoms with Gasteiger partial charge < -0.3 is 10.0 Å². The number of rotatable bonds is 3. The highest BCUT2D eigenvalue weighted by Gasteiger charge is 2.49. The molecule has 2 fully saturated rings. The average molecular weight is 343 g/mol. The van der Waals surface area contributed by atoms with Crippen LogP contribution in [0.25, 0.3) is 0 Å². The minimum absolute atomic E-state index is 0.0227. The summed E-state index contributed by atoms with van der Waals surface area (Å²) in [4.78, 5) is 25.6. The maximum Gasteiger partial charge on any atom is 0.326 e. The molecule has 3 atom stereocenters. The number of hydrogen-bond donors (Lipinski definition) is 1. The van der Waals surface area contributed by atoms with Gasteiger partial charge in [0.05, 0.1) is 5.56 Å². The summed E-state index contributed by atoms with van der Waals surface area (Å²) in [5, 5.41) is 11.0. The predicted molar refractivity (Wildman–Crippen MR) is 80.7 cm³/mol. The molecular weight excluding hydrogens is 326 g/mol. The van der Waals surface area contributed by atoms with E-state index in [-0.39, 0.29) is 27.5 Å². The number of carboxylic acid groups (broad SMARTS) is 1. The third kappa shape index (κ3) is 2.54. The molecule has 1 N–H and O–H groups in total. The van der Waals surface area contributed by atoms with Gasteiger partial charge >= 0.3 is 5.97 Å². The lowest BCUT2D eigenvalue weighted by Crippen LogP contribution is -2.43. The minimum atomic E-state index is -3.35. The quantitative estimate of drug-likeness (QED) is 0.897. The normalized spacial score (nSPS) is 27.9. The molecule has 1 aromatic rings. The summed E-state index contributed by atoms with van der Waals surface area (Å²) in [5.41, 5.74) is 0.261. The average Bonchev–Trinajstić information content (AvgIpc) is 3.11. The van der Waals surface area contributed by atoms with Crippen LogP contribution in [0.5, 0.6) is 0 Å². The molecule has 1 saturated heterocycles. The molecule has 2 heterocycles. The number of thiophene rings is 1. The van der Waals surface area contributed by atoms with Crippen LogP contribution in [0, 0.1) is 11.8 Å². The van der Waals surface area contributed by atoms with Crippen LogP contribution in [-0.4, -0.2) is 49.1 Å². The number of carbonyl (C=O) groups excluding carboxylic acids is 1. The molecule has 8 heteroatoms. The highest BCUT2D eigenvalue weighted by Crippen LogP contribution is 2.43. The first-order chi connectivity index (χ1) is 10.3. The molecule has 0 bridgehead atoms. The van der Waals surface area contributed by atoms with Crippen molar-refractivity contribution in [2.45, 2.75) is 29.5 Å². The first-order valence-electron chi connectivity index (χ1n) is 7.11. The van der Waals surface area contributed by atoms with Crippen LogP contribution in [0.2, 0.25) is 0 Å². The molecule has 3 rings (SSSR count). The summed E-state index contributed by atoms with van der Waals surface area (Å²) in [7, 11) is -3.35. The lowest BCUT2D eigenvalue weighted by molar-refractivity contribution is -0.142. The molecule has 1 aromatic heterocycles. The molecule has 1 saturated carbocycles. The van der Waals surface area contributed by atoms with Gasteiger partial charge in [-0.3, -0.25) is 4.79 Å². The fraction of sp³-hybridized carbons (Fsp3) is 0.571. The van der Waals surface area contributed by atoms with Gasteiger partial charge in [0, 0.05) is 18.2 Å². The maximum atomic E-state index is 12.6. The van der Waals surface area contributed by atoms with Gasteiger partial charge in [0.2, 0.25) is 0 Å². The number of likely N-dealkylation sites (tertiary alicyclic amines) is 1. The highest BCUT2D eigenvalue weighted by molar-refractivity contribution is 7.92. The number of sulfone groups is 1. The van der Waals surface area contributed by atoms with E-state index in [0.717, 1.165) is 36.9 Å². The van der Waals surface area contributed by atoms with E-state index in [1.54, 1.807) is 0 Å². The number of carbonyl (C=O) groups is 2. The second kappa shape index (κ2) is 5.34. The molecule has 22 heavy (non-hydrogen) atoms. The molecule has 1 aliphatic carbocycles. The molecule has 1 amide bonds. The van der Waals surface area contributed by atoms with E-state index in [2.05, 4.69) is 0 Å². The van der Waals surface area contributed by atoms with Gasteiger partial charge in [0.15, 0.2) is 9.84 Å². The second-order valence-corrected chi connectivity index (χ2v) is 9.18. The zero-order valence-corrected chi connectivity index (χ0v) is 13.7. The van der Waals surface area contributed by atoms with Crippen LogP contribution < -0.4 is 0 Å². The molecule has 0 unspecified atom stereocenters. The Hall–Kier alpha value is -1.41. The first kappa shape index (κ1) is 15.5. The minimum Gasteiger partial charge on any atom is -0.480 e. The Bertz CT molecular complexity index is 723. The number of hydrogen-bond acceptors (Lipinski definition) is 5. The molecule has 2 aliphatic rings. The van der Waals surface area contributed by atoms with Crippen molar-refractivity contribution in [2.75, 3.05) is 12.8 Å². The smallest absolute Gasteiger partial charge is 0.326 e. The summed E-state index contributed by atoms with van der Waals surface area (Å²) in [6.07, 6.45) is 3.89. The van der Waals surface area contributed by atoms with Crippen molar-refractivity contribution in [3.63, 3.8) is 0 Å². The van der Waals surface area contributed by atoms with Crippen LogP contribution in [0.3, 0.4) is 0 Å². The Morgan fingerprint density at radius 1 is 1.36 bits per heavy atom. The lowest BCUT2D eigenvalue weighted by Gasteiger charge is -2.24. The van der Waals surface area contributed by atoms with Gasteiger partial charge in [-0.2, -0.15) is 0 Å². The first-order valence-corrected chi connectivity index (χ1v) is 9.88. The van der Waals surface area contributed by atoms with Gasteiger partial charge in [0.25, 0.3) is 5.91 Å².